The Balaban J connectivity index is 2.03. The van der Waals surface area contributed by atoms with E-state index in [1.54, 1.807) is 24.3 Å². The molecule has 2 aromatic rings. The standard InChI is InChI=1S/C18H24N4O3/c1-4-22(5-2)11-10-19-17(23)16-8-6-13-12-14(20-18(24)25-3)7-9-15(13)21-16/h6-9,12H,4-5,10-11H2,1-3H3,(H,19,23)(H,20,24). The predicted octanol–water partition coefficient (Wildman–Crippen LogP) is 2.48. The summed E-state index contributed by atoms with van der Waals surface area (Å²) in [6.45, 7) is 7.52. The Bertz CT molecular complexity index is 744. The zero-order valence-electron chi connectivity index (χ0n) is 14.8. The van der Waals surface area contributed by atoms with Crippen LogP contribution in [0.15, 0.2) is 30.3 Å². The van der Waals surface area contributed by atoms with Crippen LogP contribution in [-0.2, 0) is 4.74 Å². The molecule has 0 unspecified atom stereocenters. The first-order valence-corrected chi connectivity index (χ1v) is 8.33. The molecule has 134 valence electrons. The Morgan fingerprint density at radius 1 is 1.16 bits per heavy atom. The highest BCUT2D eigenvalue weighted by molar-refractivity contribution is 5.96. The number of likely N-dealkylation sites (N-methyl/N-ethyl adjacent to an activating group) is 1. The predicted molar refractivity (Wildman–Crippen MR) is 97.9 cm³/mol. The zero-order valence-corrected chi connectivity index (χ0v) is 14.8. The van der Waals surface area contributed by atoms with Crippen LogP contribution in [0, 0.1) is 0 Å². The highest BCUT2D eigenvalue weighted by Gasteiger charge is 2.09. The van der Waals surface area contributed by atoms with Gasteiger partial charge in [0, 0.05) is 24.2 Å². The van der Waals surface area contributed by atoms with E-state index in [0.717, 1.165) is 25.0 Å². The minimum atomic E-state index is -0.531. The van der Waals surface area contributed by atoms with Crippen molar-refractivity contribution in [3.8, 4) is 0 Å². The van der Waals surface area contributed by atoms with Crippen molar-refractivity contribution in [3.05, 3.63) is 36.0 Å². The highest BCUT2D eigenvalue weighted by atomic mass is 16.5. The van der Waals surface area contributed by atoms with E-state index in [4.69, 9.17) is 0 Å². The third-order valence-corrected chi connectivity index (χ3v) is 3.96. The fraction of sp³-hybridized carbons (Fsp3) is 0.389. The molecule has 0 radical (unpaired) electrons. The lowest BCUT2D eigenvalue weighted by Crippen LogP contribution is -2.35. The van der Waals surface area contributed by atoms with Gasteiger partial charge in [-0.05, 0) is 37.4 Å². The van der Waals surface area contributed by atoms with Crippen LogP contribution in [0.2, 0.25) is 0 Å². The lowest BCUT2D eigenvalue weighted by Gasteiger charge is -2.17. The van der Waals surface area contributed by atoms with Gasteiger partial charge < -0.3 is 15.0 Å². The lowest BCUT2D eigenvalue weighted by molar-refractivity contribution is 0.0944. The van der Waals surface area contributed by atoms with Crippen molar-refractivity contribution in [3.63, 3.8) is 0 Å². The Morgan fingerprint density at radius 2 is 1.92 bits per heavy atom. The van der Waals surface area contributed by atoms with Crippen LogP contribution in [0.25, 0.3) is 10.9 Å². The van der Waals surface area contributed by atoms with Gasteiger partial charge in [-0.25, -0.2) is 9.78 Å². The summed E-state index contributed by atoms with van der Waals surface area (Å²) in [6.07, 6.45) is -0.531. The van der Waals surface area contributed by atoms with Gasteiger partial charge in [-0.2, -0.15) is 0 Å². The van der Waals surface area contributed by atoms with Crippen LogP contribution in [0.5, 0.6) is 0 Å². The number of aromatic nitrogens is 1. The molecule has 25 heavy (non-hydrogen) atoms. The van der Waals surface area contributed by atoms with Gasteiger partial charge in [0.05, 0.1) is 12.6 Å². The molecular formula is C18H24N4O3. The summed E-state index contributed by atoms with van der Waals surface area (Å²) in [7, 11) is 1.31. The van der Waals surface area contributed by atoms with E-state index < -0.39 is 6.09 Å². The minimum Gasteiger partial charge on any atom is -0.453 e. The van der Waals surface area contributed by atoms with Gasteiger partial charge in [-0.15, -0.1) is 0 Å². The monoisotopic (exact) mass is 344 g/mol. The number of pyridine rings is 1. The number of rotatable bonds is 7. The van der Waals surface area contributed by atoms with Gasteiger partial charge >= 0.3 is 6.09 Å². The fourth-order valence-corrected chi connectivity index (χ4v) is 2.46. The number of methoxy groups -OCH3 is 1. The summed E-state index contributed by atoms with van der Waals surface area (Å²) in [6, 6.07) is 8.74. The van der Waals surface area contributed by atoms with Gasteiger partial charge in [0.15, 0.2) is 0 Å². The topological polar surface area (TPSA) is 83.6 Å². The number of nitrogens with one attached hydrogen (secondary N) is 2. The largest absolute Gasteiger partial charge is 0.453 e. The molecular weight excluding hydrogens is 320 g/mol. The van der Waals surface area contributed by atoms with E-state index in [1.165, 1.54) is 7.11 Å². The Kier molecular flexibility index (Phi) is 6.71. The van der Waals surface area contributed by atoms with Gasteiger partial charge in [-0.3, -0.25) is 10.1 Å². The van der Waals surface area contributed by atoms with Gasteiger partial charge in [-0.1, -0.05) is 19.9 Å². The summed E-state index contributed by atoms with van der Waals surface area (Å²) in [4.78, 5) is 30.1. The molecule has 0 spiro atoms. The molecule has 1 aromatic carbocycles. The maximum atomic E-state index is 12.2. The summed E-state index contributed by atoms with van der Waals surface area (Å²) < 4.78 is 4.57. The van der Waals surface area contributed by atoms with Crippen molar-refractivity contribution in [2.75, 3.05) is 38.6 Å². The zero-order chi connectivity index (χ0) is 18.2. The molecule has 0 fully saturated rings. The van der Waals surface area contributed by atoms with Crippen LogP contribution < -0.4 is 10.6 Å². The van der Waals surface area contributed by atoms with Crippen molar-refractivity contribution in [1.29, 1.82) is 0 Å². The van der Waals surface area contributed by atoms with E-state index in [1.807, 2.05) is 6.07 Å². The SMILES string of the molecule is CCN(CC)CCNC(=O)c1ccc2cc(NC(=O)OC)ccc2n1. The number of hydrogen-bond donors (Lipinski definition) is 2. The van der Waals surface area contributed by atoms with Crippen molar-refractivity contribution in [2.45, 2.75) is 13.8 Å². The van der Waals surface area contributed by atoms with Gasteiger partial charge in [0.1, 0.15) is 5.69 Å². The molecule has 0 saturated heterocycles. The second-order valence-electron chi connectivity index (χ2n) is 5.50. The third kappa shape index (κ3) is 5.15. The van der Waals surface area contributed by atoms with Crippen molar-refractivity contribution >= 4 is 28.6 Å². The quantitative estimate of drug-likeness (QED) is 0.806. The summed E-state index contributed by atoms with van der Waals surface area (Å²) in [5.41, 5.74) is 1.67. The van der Waals surface area contributed by atoms with Crippen LogP contribution >= 0.6 is 0 Å². The van der Waals surface area contributed by atoms with Gasteiger partial charge in [0.25, 0.3) is 5.91 Å². The first-order chi connectivity index (χ1) is 12.1. The third-order valence-electron chi connectivity index (χ3n) is 3.96. The molecule has 0 aliphatic carbocycles. The first-order valence-electron chi connectivity index (χ1n) is 8.33. The lowest BCUT2D eigenvalue weighted by atomic mass is 10.1. The maximum absolute atomic E-state index is 12.2. The first kappa shape index (κ1) is 18.7. The number of nitrogens with zero attached hydrogens (tertiary/aromatic N) is 2. The van der Waals surface area contributed by atoms with Crippen LogP contribution in [0.1, 0.15) is 24.3 Å². The smallest absolute Gasteiger partial charge is 0.411 e. The molecule has 0 atom stereocenters. The molecule has 2 rings (SSSR count). The van der Waals surface area contributed by atoms with Crippen LogP contribution in [-0.4, -0.2) is 55.2 Å². The maximum Gasteiger partial charge on any atom is 0.411 e. The number of fused-ring (bicyclic) bond motifs is 1. The number of ether oxygens (including phenoxy) is 1. The number of hydrogen-bond acceptors (Lipinski definition) is 5. The van der Waals surface area contributed by atoms with E-state index in [0.29, 0.717) is 23.4 Å². The van der Waals surface area contributed by atoms with E-state index in [2.05, 4.69) is 39.1 Å². The number of carbonyl (C=O) groups is 2. The second-order valence-corrected chi connectivity index (χ2v) is 5.50. The van der Waals surface area contributed by atoms with Crippen molar-refractivity contribution in [2.24, 2.45) is 0 Å². The van der Waals surface area contributed by atoms with Gasteiger partial charge in [0.2, 0.25) is 0 Å². The second kappa shape index (κ2) is 8.98. The number of amides is 2. The molecule has 7 heteroatoms. The molecule has 2 N–H and O–H groups in total. The van der Waals surface area contributed by atoms with Crippen LogP contribution in [0.3, 0.4) is 0 Å². The Morgan fingerprint density at radius 3 is 2.60 bits per heavy atom. The van der Waals surface area contributed by atoms with Crippen molar-refractivity contribution in [1.82, 2.24) is 15.2 Å². The molecule has 0 aliphatic rings. The summed E-state index contributed by atoms with van der Waals surface area (Å²) in [5.74, 6) is -0.189. The molecule has 0 saturated carbocycles. The summed E-state index contributed by atoms with van der Waals surface area (Å²) in [5, 5.41) is 6.32. The highest BCUT2D eigenvalue weighted by Crippen LogP contribution is 2.18. The van der Waals surface area contributed by atoms with Crippen LogP contribution in [0.4, 0.5) is 10.5 Å². The molecule has 1 heterocycles. The van der Waals surface area contributed by atoms with E-state index in [-0.39, 0.29) is 5.91 Å². The Hall–Kier alpha value is -2.67. The van der Waals surface area contributed by atoms with E-state index in [9.17, 15) is 9.59 Å². The van der Waals surface area contributed by atoms with Crippen molar-refractivity contribution < 1.29 is 14.3 Å². The fourth-order valence-electron chi connectivity index (χ4n) is 2.46. The molecule has 1 aromatic heterocycles. The average Bonchev–Trinajstić information content (AvgIpc) is 2.64. The molecule has 0 bridgehead atoms. The molecule has 7 nitrogen and oxygen atoms in total. The van der Waals surface area contributed by atoms with E-state index >= 15 is 0 Å². The molecule has 2 amide bonds. The number of benzene rings is 1. The summed E-state index contributed by atoms with van der Waals surface area (Å²) >= 11 is 0. The average molecular weight is 344 g/mol. The number of anilines is 1. The normalized spacial score (nSPS) is 10.7. The minimum absolute atomic E-state index is 0.189. The Labute approximate surface area is 147 Å². The number of carbonyl (C=O) groups excluding carboxylic acids is 2. The molecule has 0 aliphatic heterocycles.